The Balaban J connectivity index is 1.34. The number of aliphatic imine (C=N–C) groups is 3. The zero-order chi connectivity index (χ0) is 65.5. The number of carbonyl (C=O) groups is 6. The van der Waals surface area contributed by atoms with Gasteiger partial charge in [-0.3, -0.25) is 16.0 Å². The molecule has 480 valence electrons. The second-order valence-corrected chi connectivity index (χ2v) is 27.3. The number of benzene rings is 2. The molecule has 88 heavy (non-hydrogen) atoms. The molecule has 0 aliphatic carbocycles. The van der Waals surface area contributed by atoms with Gasteiger partial charge >= 0.3 is 36.6 Å². The van der Waals surface area contributed by atoms with E-state index in [0.717, 1.165) is 11.1 Å². The molecule has 1 saturated heterocycles. The number of guanidine groups is 3. The number of amides is 6. The lowest BCUT2D eigenvalue weighted by atomic mass is 9.97. The average molecular weight is 1230 g/mol. The van der Waals surface area contributed by atoms with E-state index in [-0.39, 0.29) is 92.8 Å². The average Bonchev–Trinajstić information content (AvgIpc) is 2.69. The second-order valence-electron chi connectivity index (χ2n) is 27.3. The SMILES string of the molecule is CC(C)(C)OC(=O)N=C(NC(=O)OC(C)(C)C)N1CC=C(c2ccc(-c3nnc(-c4ccc(C5=CCN(C(=NC(=O)OC(C)(C)C)NC(=O)OC(C)(C)C)CC5)cc4F)n3C3CCN(C(=NC(=O)OC(C)(C)C)NC(=O)OC(C)(C)C)CC3)c(F)c2)CC1. The molecule has 3 aromatic rings. The number of rotatable bonds is 5. The van der Waals surface area contributed by atoms with Crippen LogP contribution in [0.15, 0.2) is 63.5 Å². The van der Waals surface area contributed by atoms with Crippen LogP contribution >= 0.6 is 0 Å². The number of halogens is 2. The Morgan fingerprint density at radius 2 is 0.761 bits per heavy atom. The number of piperidine rings is 1. The number of alkyl carbamates (subject to hydrolysis) is 3. The summed E-state index contributed by atoms with van der Waals surface area (Å²) in [5.74, 6) is -1.36. The minimum atomic E-state index is -0.941. The summed E-state index contributed by atoms with van der Waals surface area (Å²) < 4.78 is 68.4. The molecule has 0 radical (unpaired) electrons. The molecule has 6 rings (SSSR count). The fraction of sp³-hybridized carbons (Fsp3) is 0.565. The van der Waals surface area contributed by atoms with Crippen molar-refractivity contribution in [2.24, 2.45) is 15.0 Å². The van der Waals surface area contributed by atoms with Crippen LogP contribution in [0.5, 0.6) is 0 Å². The zero-order valence-electron chi connectivity index (χ0n) is 53.9. The van der Waals surface area contributed by atoms with E-state index >= 15 is 8.78 Å². The number of nitrogens with zero attached hydrogens (tertiary/aromatic N) is 9. The highest BCUT2D eigenvalue weighted by atomic mass is 19.1. The van der Waals surface area contributed by atoms with E-state index in [1.807, 2.05) is 12.2 Å². The van der Waals surface area contributed by atoms with E-state index in [4.69, 9.17) is 28.4 Å². The number of likely N-dealkylation sites (tertiary alicyclic amines) is 1. The van der Waals surface area contributed by atoms with Gasteiger partial charge in [0.25, 0.3) is 0 Å². The van der Waals surface area contributed by atoms with Crippen molar-refractivity contribution in [1.29, 1.82) is 0 Å². The molecular weight excluding hydrogens is 1140 g/mol. The summed E-state index contributed by atoms with van der Waals surface area (Å²) >= 11 is 0. The second kappa shape index (κ2) is 27.3. The largest absolute Gasteiger partial charge is 0.444 e. The Kier molecular flexibility index (Phi) is 21.3. The van der Waals surface area contributed by atoms with E-state index in [0.29, 0.717) is 24.0 Å². The number of nitrogens with one attached hydrogen (secondary N) is 3. The molecule has 24 nitrogen and oxygen atoms in total. The molecule has 0 bridgehead atoms. The van der Waals surface area contributed by atoms with Crippen LogP contribution in [0.1, 0.15) is 167 Å². The fourth-order valence-electron chi connectivity index (χ4n) is 9.21. The van der Waals surface area contributed by atoms with E-state index in [1.54, 1.807) is 168 Å². The molecular formula is C62H86F2N12O12. The number of hydrogen-bond donors (Lipinski definition) is 3. The van der Waals surface area contributed by atoms with Crippen molar-refractivity contribution >= 4 is 65.6 Å². The Bertz CT molecular complexity index is 3100. The first-order valence-electron chi connectivity index (χ1n) is 29.2. The van der Waals surface area contributed by atoms with Gasteiger partial charge in [0.05, 0.1) is 11.1 Å². The summed E-state index contributed by atoms with van der Waals surface area (Å²) in [5.41, 5.74) is -2.39. The standard InChI is InChI=1S/C62H86F2N12O12/c1-57(2,3)83-51(77)65-48(66-52(78)84-58(4,5)6)73-29-23-37(24-30-73)39-19-21-42(44(63)35-39)46-71-72-47(76(46)41-27-33-75(34-28-41)50(69-55(81)87-61(13,14)15)70-56(82)88-62(16,17)18)43-22-20-40(36-45(43)64)38-25-31-74(32-26-38)49(67-53(79)85-59(7,8)9)68-54(80)86-60(10,11)12/h19-23,25,35-36,41H,24,26-34H2,1-18H3,(H,65,66,77,78)(H,67,68,79,80)(H,69,70,81,82). The summed E-state index contributed by atoms with van der Waals surface area (Å²) in [6.07, 6.45) is -0.318. The Labute approximate surface area is 513 Å². The van der Waals surface area contributed by atoms with Crippen LogP contribution in [0.25, 0.3) is 33.9 Å². The van der Waals surface area contributed by atoms with Crippen molar-refractivity contribution in [3.05, 3.63) is 71.3 Å². The van der Waals surface area contributed by atoms with Gasteiger partial charge in [0, 0.05) is 45.3 Å². The maximum Gasteiger partial charge on any atom is 0.437 e. The molecule has 0 saturated carbocycles. The van der Waals surface area contributed by atoms with Crippen LogP contribution < -0.4 is 16.0 Å². The molecule has 26 heteroatoms. The highest BCUT2D eigenvalue weighted by Gasteiger charge is 2.34. The number of hydrogen-bond acceptors (Lipinski definition) is 14. The Morgan fingerprint density at radius 1 is 0.455 bits per heavy atom. The van der Waals surface area contributed by atoms with Gasteiger partial charge in [-0.2, -0.15) is 0 Å². The third kappa shape index (κ3) is 21.2. The van der Waals surface area contributed by atoms with Gasteiger partial charge in [-0.05, 0) is 197 Å². The van der Waals surface area contributed by atoms with Crippen molar-refractivity contribution in [3.8, 4) is 22.8 Å². The predicted molar refractivity (Wildman–Crippen MR) is 328 cm³/mol. The minimum Gasteiger partial charge on any atom is -0.444 e. The zero-order valence-corrected chi connectivity index (χ0v) is 53.9. The maximum atomic E-state index is 17.0. The lowest BCUT2D eigenvalue weighted by Gasteiger charge is -2.35. The van der Waals surface area contributed by atoms with Gasteiger partial charge < -0.3 is 47.7 Å². The molecule has 3 N–H and O–H groups in total. The van der Waals surface area contributed by atoms with Gasteiger partial charge in [-0.1, -0.05) is 24.3 Å². The van der Waals surface area contributed by atoms with Gasteiger partial charge in [0.2, 0.25) is 17.9 Å². The lowest BCUT2D eigenvalue weighted by molar-refractivity contribution is 0.0534. The fourth-order valence-corrected chi connectivity index (χ4v) is 9.21. The summed E-state index contributed by atoms with van der Waals surface area (Å²) in [7, 11) is 0. The smallest absolute Gasteiger partial charge is 0.437 e. The molecule has 4 heterocycles. The third-order valence-corrected chi connectivity index (χ3v) is 12.6. The van der Waals surface area contributed by atoms with E-state index in [1.165, 1.54) is 12.1 Å². The molecule has 3 aliphatic rings. The third-order valence-electron chi connectivity index (χ3n) is 12.6. The maximum absolute atomic E-state index is 17.0. The normalized spacial score (nSPS) is 16.2. The van der Waals surface area contributed by atoms with Gasteiger partial charge in [-0.25, -0.2) is 37.5 Å². The summed E-state index contributed by atoms with van der Waals surface area (Å²) in [6, 6.07) is 8.90. The monoisotopic (exact) mass is 1230 g/mol. The topological polar surface area (TPSA) is 271 Å². The van der Waals surface area contributed by atoms with Gasteiger partial charge in [-0.15, -0.1) is 25.2 Å². The molecule has 1 aromatic heterocycles. The Hall–Kier alpha value is -8.45. The molecule has 3 aliphatic heterocycles. The first-order chi connectivity index (χ1) is 40.6. The van der Waals surface area contributed by atoms with Crippen molar-refractivity contribution in [3.63, 3.8) is 0 Å². The quantitative estimate of drug-likeness (QED) is 0.122. The number of ether oxygens (including phenoxy) is 6. The van der Waals surface area contributed by atoms with Crippen molar-refractivity contribution < 1.29 is 66.0 Å². The van der Waals surface area contributed by atoms with Crippen LogP contribution in [0.4, 0.5) is 37.5 Å². The first kappa shape index (κ1) is 68.7. The van der Waals surface area contributed by atoms with Crippen molar-refractivity contribution in [2.75, 3.05) is 39.3 Å². The minimum absolute atomic E-state index is 0.0692. The highest BCUT2D eigenvalue weighted by molar-refractivity contribution is 6.01. The molecule has 0 atom stereocenters. The van der Waals surface area contributed by atoms with E-state index in [9.17, 15) is 28.8 Å². The predicted octanol–water partition coefficient (Wildman–Crippen LogP) is 12.2. The van der Waals surface area contributed by atoms with E-state index < -0.39 is 87.8 Å². The lowest BCUT2D eigenvalue weighted by Crippen LogP contribution is -2.49. The summed E-state index contributed by atoms with van der Waals surface area (Å²) in [4.78, 5) is 95.1. The molecule has 2 aromatic carbocycles. The highest BCUT2D eigenvalue weighted by Crippen LogP contribution is 2.38. The number of aromatic nitrogens is 3. The van der Waals surface area contributed by atoms with Crippen molar-refractivity contribution in [2.45, 2.75) is 190 Å². The van der Waals surface area contributed by atoms with Crippen LogP contribution in [0, 0.1) is 11.6 Å². The van der Waals surface area contributed by atoms with Gasteiger partial charge in [0.15, 0.2) is 11.6 Å². The summed E-state index contributed by atoms with van der Waals surface area (Å²) in [5, 5.41) is 16.9. The first-order valence-corrected chi connectivity index (χ1v) is 29.2. The van der Waals surface area contributed by atoms with Crippen LogP contribution in [-0.2, 0) is 28.4 Å². The van der Waals surface area contributed by atoms with Crippen LogP contribution in [0.2, 0.25) is 0 Å². The van der Waals surface area contributed by atoms with Crippen molar-refractivity contribution in [1.82, 2.24) is 45.4 Å². The van der Waals surface area contributed by atoms with E-state index in [2.05, 4.69) is 41.1 Å². The number of carbonyl (C=O) groups excluding carboxylic acids is 6. The molecule has 0 spiro atoms. The van der Waals surface area contributed by atoms with Crippen LogP contribution in [-0.4, -0.2) is 157 Å². The van der Waals surface area contributed by atoms with Gasteiger partial charge in [0.1, 0.15) is 45.2 Å². The Morgan fingerprint density at radius 3 is 1.03 bits per heavy atom. The molecule has 6 amide bonds. The molecule has 1 fully saturated rings. The summed E-state index contributed by atoms with van der Waals surface area (Å²) in [6.45, 7) is 31.8. The van der Waals surface area contributed by atoms with Crippen LogP contribution in [0.3, 0.4) is 0 Å². The molecule has 0 unspecified atom stereocenters.